The van der Waals surface area contributed by atoms with Gasteiger partial charge in [0.1, 0.15) is 11.8 Å². The van der Waals surface area contributed by atoms with E-state index in [2.05, 4.69) is 15.0 Å². The zero-order chi connectivity index (χ0) is 23.8. The Hall–Kier alpha value is -3.58. The van der Waals surface area contributed by atoms with Crippen LogP contribution in [0.4, 0.5) is 4.79 Å². The first-order chi connectivity index (χ1) is 16.4. The minimum Gasteiger partial charge on any atom is -0.450 e. The first kappa shape index (κ1) is 22.2. The molecule has 0 spiro atoms. The number of hydrogen-bond donors (Lipinski definition) is 1. The molecule has 8 heteroatoms. The number of carbonyl (C=O) groups excluding carboxylic acids is 1. The summed E-state index contributed by atoms with van der Waals surface area (Å²) in [6.45, 7) is 6.42. The molecule has 0 radical (unpaired) electrons. The molecular formula is C26H25ClN4O3. The molecular weight excluding hydrogens is 452 g/mol. The molecule has 3 heterocycles. The third kappa shape index (κ3) is 4.07. The van der Waals surface area contributed by atoms with Crippen molar-refractivity contribution in [1.29, 1.82) is 0 Å². The van der Waals surface area contributed by atoms with Crippen LogP contribution in [0.15, 0.2) is 48.7 Å². The molecule has 1 atom stereocenters. The summed E-state index contributed by atoms with van der Waals surface area (Å²) < 4.78 is 11.4. The summed E-state index contributed by atoms with van der Waals surface area (Å²) in [6, 6.07) is 13.2. The average Bonchev–Trinajstić information content (AvgIpc) is 3.19. The van der Waals surface area contributed by atoms with Gasteiger partial charge in [-0.15, -0.1) is 0 Å². The Morgan fingerprint density at radius 2 is 2.00 bits per heavy atom. The minimum atomic E-state index is -0.333. The third-order valence-corrected chi connectivity index (χ3v) is 6.27. The standard InChI is InChI=1S/C26H25ClN4O3/c1-4-33-26(32)31-12-11-20-21-13-18(27)7-10-22(21)30-23(20)24(31)17-5-8-19(9-6-17)34-25-16(3)28-14-15(2)29-25/h5-10,13-14,24,30H,4,11-12H2,1-3H3/t24-/m0/s1. The number of aryl methyl sites for hydroxylation is 2. The maximum atomic E-state index is 12.9. The van der Waals surface area contributed by atoms with Crippen molar-refractivity contribution in [2.75, 3.05) is 13.2 Å². The van der Waals surface area contributed by atoms with Gasteiger partial charge < -0.3 is 14.5 Å². The predicted octanol–water partition coefficient (Wildman–Crippen LogP) is 6.12. The number of hydrogen-bond acceptors (Lipinski definition) is 5. The highest BCUT2D eigenvalue weighted by molar-refractivity contribution is 6.31. The molecule has 2 aromatic carbocycles. The van der Waals surface area contributed by atoms with Gasteiger partial charge in [0.2, 0.25) is 5.88 Å². The van der Waals surface area contributed by atoms with Crippen molar-refractivity contribution >= 4 is 28.6 Å². The zero-order valence-electron chi connectivity index (χ0n) is 19.3. The summed E-state index contributed by atoms with van der Waals surface area (Å²) in [6.07, 6.45) is 2.10. The number of nitrogens with zero attached hydrogens (tertiary/aromatic N) is 3. The van der Waals surface area contributed by atoms with Gasteiger partial charge in [-0.3, -0.25) is 9.88 Å². The van der Waals surface area contributed by atoms with Gasteiger partial charge in [0.25, 0.3) is 0 Å². The molecule has 1 N–H and O–H groups in total. The quantitative estimate of drug-likeness (QED) is 0.383. The van der Waals surface area contributed by atoms with E-state index in [9.17, 15) is 4.79 Å². The highest BCUT2D eigenvalue weighted by atomic mass is 35.5. The predicted molar refractivity (Wildman–Crippen MR) is 131 cm³/mol. The van der Waals surface area contributed by atoms with Crippen LogP contribution in [0.3, 0.4) is 0 Å². The Morgan fingerprint density at radius 3 is 2.76 bits per heavy atom. The second-order valence-electron chi connectivity index (χ2n) is 8.33. The number of carbonyl (C=O) groups is 1. The van der Waals surface area contributed by atoms with Gasteiger partial charge >= 0.3 is 6.09 Å². The summed E-state index contributed by atoms with van der Waals surface area (Å²) in [5.41, 5.74) is 5.61. The van der Waals surface area contributed by atoms with E-state index in [1.165, 1.54) is 5.56 Å². The van der Waals surface area contributed by atoms with E-state index in [0.29, 0.717) is 29.8 Å². The van der Waals surface area contributed by atoms with Crippen molar-refractivity contribution < 1.29 is 14.3 Å². The van der Waals surface area contributed by atoms with Gasteiger partial charge in [0.15, 0.2) is 0 Å². The molecule has 0 saturated carbocycles. The topological polar surface area (TPSA) is 80.3 Å². The van der Waals surface area contributed by atoms with E-state index in [4.69, 9.17) is 21.1 Å². The van der Waals surface area contributed by atoms with Crippen LogP contribution in [0.25, 0.3) is 10.9 Å². The summed E-state index contributed by atoms with van der Waals surface area (Å²) in [7, 11) is 0. The molecule has 4 aromatic rings. The average molecular weight is 477 g/mol. The fourth-order valence-corrected chi connectivity index (χ4v) is 4.62. The Balaban J connectivity index is 1.53. The number of aromatic nitrogens is 3. The van der Waals surface area contributed by atoms with E-state index in [-0.39, 0.29) is 12.1 Å². The fourth-order valence-electron chi connectivity index (χ4n) is 4.45. The second kappa shape index (κ2) is 8.99. The molecule has 1 aliphatic rings. The lowest BCUT2D eigenvalue weighted by Crippen LogP contribution is -2.40. The smallest absolute Gasteiger partial charge is 0.410 e. The second-order valence-corrected chi connectivity index (χ2v) is 8.76. The lowest BCUT2D eigenvalue weighted by molar-refractivity contribution is 0.0932. The molecule has 174 valence electrons. The van der Waals surface area contributed by atoms with Crippen LogP contribution in [-0.4, -0.2) is 39.1 Å². The number of aromatic amines is 1. The first-order valence-electron chi connectivity index (χ1n) is 11.3. The number of rotatable bonds is 4. The third-order valence-electron chi connectivity index (χ3n) is 6.03. The number of H-pyrrole nitrogens is 1. The lowest BCUT2D eigenvalue weighted by atomic mass is 9.92. The van der Waals surface area contributed by atoms with Crippen LogP contribution in [-0.2, 0) is 11.2 Å². The molecule has 2 aromatic heterocycles. The highest BCUT2D eigenvalue weighted by Gasteiger charge is 2.35. The van der Waals surface area contributed by atoms with E-state index < -0.39 is 0 Å². The van der Waals surface area contributed by atoms with Crippen LogP contribution < -0.4 is 4.74 Å². The molecule has 0 aliphatic carbocycles. The monoisotopic (exact) mass is 476 g/mol. The first-order valence-corrected chi connectivity index (χ1v) is 11.6. The van der Waals surface area contributed by atoms with Gasteiger partial charge in [-0.05, 0) is 68.7 Å². The molecule has 0 bridgehead atoms. The van der Waals surface area contributed by atoms with Crippen molar-refractivity contribution in [3.05, 3.63) is 81.9 Å². The van der Waals surface area contributed by atoms with Gasteiger partial charge in [-0.1, -0.05) is 23.7 Å². The van der Waals surface area contributed by atoms with Crippen molar-refractivity contribution in [2.24, 2.45) is 0 Å². The van der Waals surface area contributed by atoms with Gasteiger partial charge in [0.05, 0.1) is 18.0 Å². The number of fused-ring (bicyclic) bond motifs is 3. The number of nitrogens with one attached hydrogen (secondary N) is 1. The summed E-state index contributed by atoms with van der Waals surface area (Å²) in [4.78, 5) is 26.9. The molecule has 1 amide bonds. The van der Waals surface area contributed by atoms with Gasteiger partial charge in [0, 0.05) is 34.4 Å². The van der Waals surface area contributed by atoms with E-state index in [0.717, 1.165) is 40.0 Å². The number of amides is 1. The highest BCUT2D eigenvalue weighted by Crippen LogP contribution is 2.40. The molecule has 7 nitrogen and oxygen atoms in total. The zero-order valence-corrected chi connectivity index (χ0v) is 20.0. The van der Waals surface area contributed by atoms with Crippen molar-refractivity contribution in [3.8, 4) is 11.6 Å². The van der Waals surface area contributed by atoms with Gasteiger partial charge in [-0.25, -0.2) is 9.78 Å². The summed E-state index contributed by atoms with van der Waals surface area (Å²) >= 11 is 6.27. The Morgan fingerprint density at radius 1 is 1.21 bits per heavy atom. The Labute approximate surface area is 202 Å². The fraction of sp³-hybridized carbons (Fsp3) is 0.269. The number of ether oxygens (including phenoxy) is 2. The van der Waals surface area contributed by atoms with Gasteiger partial charge in [-0.2, -0.15) is 0 Å². The molecule has 5 rings (SSSR count). The molecule has 0 saturated heterocycles. The van der Waals surface area contributed by atoms with Crippen molar-refractivity contribution in [1.82, 2.24) is 19.9 Å². The Bertz CT molecular complexity index is 1370. The van der Waals surface area contributed by atoms with E-state index in [1.807, 2.05) is 63.2 Å². The molecule has 0 unspecified atom stereocenters. The Kier molecular flexibility index (Phi) is 5.87. The maximum Gasteiger partial charge on any atom is 0.410 e. The number of benzene rings is 2. The van der Waals surface area contributed by atoms with Crippen LogP contribution in [0, 0.1) is 13.8 Å². The molecule has 34 heavy (non-hydrogen) atoms. The van der Waals surface area contributed by atoms with Crippen LogP contribution in [0.5, 0.6) is 11.6 Å². The van der Waals surface area contributed by atoms with Crippen molar-refractivity contribution in [3.63, 3.8) is 0 Å². The molecule has 0 fully saturated rings. The van der Waals surface area contributed by atoms with E-state index >= 15 is 0 Å². The SMILES string of the molecule is CCOC(=O)N1CCc2c([nH]c3ccc(Cl)cc23)[C@@H]1c1ccc(Oc2nc(C)cnc2C)cc1. The van der Waals surface area contributed by atoms with Crippen LogP contribution in [0.1, 0.15) is 41.2 Å². The van der Waals surface area contributed by atoms with Crippen LogP contribution >= 0.6 is 11.6 Å². The molecule has 1 aliphatic heterocycles. The van der Waals surface area contributed by atoms with E-state index in [1.54, 1.807) is 11.1 Å². The maximum absolute atomic E-state index is 12.9. The summed E-state index contributed by atoms with van der Waals surface area (Å²) in [5, 5.41) is 1.78. The minimum absolute atomic E-state index is 0.316. The van der Waals surface area contributed by atoms with Crippen LogP contribution in [0.2, 0.25) is 5.02 Å². The normalized spacial score (nSPS) is 15.3. The lowest BCUT2D eigenvalue weighted by Gasteiger charge is -2.35. The largest absolute Gasteiger partial charge is 0.450 e. The summed E-state index contributed by atoms with van der Waals surface area (Å²) in [5.74, 6) is 1.13. The number of halogens is 1. The van der Waals surface area contributed by atoms with Crippen molar-refractivity contribution in [2.45, 2.75) is 33.2 Å².